The number of nitrogens with zero attached hydrogens (tertiary/aromatic N) is 2. The van der Waals surface area contributed by atoms with Crippen molar-refractivity contribution in [3.63, 3.8) is 0 Å². The first-order valence-corrected chi connectivity index (χ1v) is 5.94. The molecule has 0 unspecified atom stereocenters. The van der Waals surface area contributed by atoms with Gasteiger partial charge in [0.15, 0.2) is 0 Å². The number of aromatic nitrogens is 1. The molecule has 0 radical (unpaired) electrons. The molecule has 0 atom stereocenters. The van der Waals surface area contributed by atoms with E-state index >= 15 is 0 Å². The molecule has 0 saturated carbocycles. The van der Waals surface area contributed by atoms with Gasteiger partial charge in [-0.3, -0.25) is 0 Å². The molecule has 0 fully saturated rings. The summed E-state index contributed by atoms with van der Waals surface area (Å²) in [5.74, 6) is 0.973. The van der Waals surface area contributed by atoms with Gasteiger partial charge in [-0.05, 0) is 48.3 Å². The van der Waals surface area contributed by atoms with Crippen LogP contribution >= 0.6 is 15.9 Å². The number of rotatable bonds is 4. The summed E-state index contributed by atoms with van der Waals surface area (Å²) in [6.07, 6.45) is 1.88. The standard InChI is InChI=1S/C11H18BrN3/c1-8(2)15(5-4-13)11-10(12)6-9(3)7-14-11/h6-8H,4-5,13H2,1-3H3. The maximum absolute atomic E-state index is 5.60. The number of anilines is 1. The Hall–Kier alpha value is -0.610. The lowest BCUT2D eigenvalue weighted by molar-refractivity contribution is 0.673. The summed E-state index contributed by atoms with van der Waals surface area (Å²) >= 11 is 3.54. The molecule has 0 saturated heterocycles. The largest absolute Gasteiger partial charge is 0.352 e. The number of halogens is 1. The minimum absolute atomic E-state index is 0.403. The average molecular weight is 272 g/mol. The van der Waals surface area contributed by atoms with Gasteiger partial charge >= 0.3 is 0 Å². The van der Waals surface area contributed by atoms with Crippen LogP contribution in [0, 0.1) is 6.92 Å². The van der Waals surface area contributed by atoms with Gasteiger partial charge in [-0.2, -0.15) is 0 Å². The van der Waals surface area contributed by atoms with E-state index in [1.54, 1.807) is 0 Å². The molecular weight excluding hydrogens is 254 g/mol. The Morgan fingerprint density at radius 2 is 2.20 bits per heavy atom. The monoisotopic (exact) mass is 271 g/mol. The molecule has 0 aliphatic carbocycles. The van der Waals surface area contributed by atoms with Crippen molar-refractivity contribution in [2.75, 3.05) is 18.0 Å². The van der Waals surface area contributed by atoms with Gasteiger partial charge in [0, 0.05) is 25.3 Å². The minimum Gasteiger partial charge on any atom is -0.352 e. The predicted octanol–water partition coefficient (Wildman–Crippen LogP) is 2.33. The average Bonchev–Trinajstić information content (AvgIpc) is 2.15. The Morgan fingerprint density at radius 1 is 1.53 bits per heavy atom. The highest BCUT2D eigenvalue weighted by Gasteiger charge is 2.13. The summed E-state index contributed by atoms with van der Waals surface area (Å²) < 4.78 is 1.03. The summed E-state index contributed by atoms with van der Waals surface area (Å²) in [7, 11) is 0. The van der Waals surface area contributed by atoms with Crippen LogP contribution in [0.2, 0.25) is 0 Å². The third-order valence-corrected chi connectivity index (χ3v) is 2.81. The zero-order chi connectivity index (χ0) is 11.4. The SMILES string of the molecule is Cc1cnc(N(CCN)C(C)C)c(Br)c1. The van der Waals surface area contributed by atoms with Crippen LogP contribution in [0.3, 0.4) is 0 Å². The van der Waals surface area contributed by atoms with Crippen molar-refractivity contribution in [3.05, 3.63) is 22.3 Å². The molecule has 1 aromatic rings. The summed E-state index contributed by atoms with van der Waals surface area (Å²) in [6, 6.07) is 2.48. The number of pyridine rings is 1. The Bertz CT molecular complexity index is 326. The van der Waals surface area contributed by atoms with E-state index in [-0.39, 0.29) is 0 Å². The molecule has 1 rings (SSSR count). The van der Waals surface area contributed by atoms with Crippen LogP contribution in [0.1, 0.15) is 19.4 Å². The quantitative estimate of drug-likeness (QED) is 0.914. The van der Waals surface area contributed by atoms with Crippen LogP contribution in [0.15, 0.2) is 16.7 Å². The van der Waals surface area contributed by atoms with Crippen LogP contribution < -0.4 is 10.6 Å². The number of hydrogen-bond donors (Lipinski definition) is 1. The van der Waals surface area contributed by atoms with E-state index in [2.05, 4.69) is 45.7 Å². The lowest BCUT2D eigenvalue weighted by atomic mass is 10.2. The fraction of sp³-hybridized carbons (Fsp3) is 0.545. The lowest BCUT2D eigenvalue weighted by Crippen LogP contribution is -2.36. The molecule has 3 nitrogen and oxygen atoms in total. The third-order valence-electron chi connectivity index (χ3n) is 2.22. The zero-order valence-corrected chi connectivity index (χ0v) is 11.1. The van der Waals surface area contributed by atoms with Crippen LogP contribution in [0.4, 0.5) is 5.82 Å². The highest BCUT2D eigenvalue weighted by atomic mass is 79.9. The van der Waals surface area contributed by atoms with Crippen molar-refractivity contribution in [1.29, 1.82) is 0 Å². The molecule has 2 N–H and O–H groups in total. The minimum atomic E-state index is 0.403. The molecule has 0 aliphatic rings. The molecule has 15 heavy (non-hydrogen) atoms. The highest BCUT2D eigenvalue weighted by Crippen LogP contribution is 2.25. The van der Waals surface area contributed by atoms with Crippen LogP contribution in [-0.2, 0) is 0 Å². The maximum Gasteiger partial charge on any atom is 0.143 e. The highest BCUT2D eigenvalue weighted by molar-refractivity contribution is 9.10. The Balaban J connectivity index is 3.00. The first kappa shape index (κ1) is 12.5. The number of hydrogen-bond acceptors (Lipinski definition) is 3. The molecule has 0 spiro atoms. The van der Waals surface area contributed by atoms with Gasteiger partial charge in [-0.1, -0.05) is 0 Å². The number of nitrogens with two attached hydrogens (primary N) is 1. The second-order valence-electron chi connectivity index (χ2n) is 3.89. The fourth-order valence-corrected chi connectivity index (χ4v) is 2.18. The second-order valence-corrected chi connectivity index (χ2v) is 4.75. The van der Waals surface area contributed by atoms with Crippen molar-refractivity contribution in [1.82, 2.24) is 4.98 Å². The van der Waals surface area contributed by atoms with Crippen molar-refractivity contribution in [2.24, 2.45) is 5.73 Å². The Labute approximate surface area is 99.8 Å². The summed E-state index contributed by atoms with van der Waals surface area (Å²) in [5.41, 5.74) is 6.75. The maximum atomic E-state index is 5.60. The smallest absolute Gasteiger partial charge is 0.143 e. The third kappa shape index (κ3) is 3.18. The van der Waals surface area contributed by atoms with Gasteiger partial charge in [0.1, 0.15) is 5.82 Å². The molecule has 0 bridgehead atoms. The van der Waals surface area contributed by atoms with E-state index in [4.69, 9.17) is 5.73 Å². The van der Waals surface area contributed by atoms with Crippen LogP contribution in [0.25, 0.3) is 0 Å². The normalized spacial score (nSPS) is 10.8. The fourth-order valence-electron chi connectivity index (χ4n) is 1.49. The van der Waals surface area contributed by atoms with E-state index < -0.39 is 0 Å². The van der Waals surface area contributed by atoms with Gasteiger partial charge in [-0.15, -0.1) is 0 Å². The van der Waals surface area contributed by atoms with E-state index in [0.29, 0.717) is 12.6 Å². The molecule has 0 aromatic carbocycles. The van der Waals surface area contributed by atoms with E-state index in [1.807, 2.05) is 13.1 Å². The summed E-state index contributed by atoms with van der Waals surface area (Å²) in [5, 5.41) is 0. The molecule has 1 aromatic heterocycles. The van der Waals surface area contributed by atoms with Crippen LogP contribution in [-0.4, -0.2) is 24.1 Å². The van der Waals surface area contributed by atoms with E-state index in [1.165, 1.54) is 0 Å². The molecular formula is C11H18BrN3. The van der Waals surface area contributed by atoms with Gasteiger partial charge < -0.3 is 10.6 Å². The first-order valence-electron chi connectivity index (χ1n) is 5.15. The molecule has 0 aliphatic heterocycles. The Kier molecular flexibility index (Phi) is 4.54. The summed E-state index contributed by atoms with van der Waals surface area (Å²) in [6.45, 7) is 7.78. The van der Waals surface area contributed by atoms with Crippen molar-refractivity contribution in [2.45, 2.75) is 26.8 Å². The van der Waals surface area contributed by atoms with Crippen molar-refractivity contribution in [3.8, 4) is 0 Å². The van der Waals surface area contributed by atoms with E-state index in [9.17, 15) is 0 Å². The first-order chi connectivity index (χ1) is 7.06. The van der Waals surface area contributed by atoms with Crippen molar-refractivity contribution >= 4 is 21.7 Å². The Morgan fingerprint density at radius 3 is 2.67 bits per heavy atom. The molecule has 4 heteroatoms. The van der Waals surface area contributed by atoms with Crippen LogP contribution in [0.5, 0.6) is 0 Å². The topological polar surface area (TPSA) is 42.2 Å². The molecule has 0 amide bonds. The van der Waals surface area contributed by atoms with Gasteiger partial charge in [0.05, 0.1) is 4.47 Å². The number of aryl methyl sites for hydroxylation is 1. The van der Waals surface area contributed by atoms with Gasteiger partial charge in [0.2, 0.25) is 0 Å². The second kappa shape index (κ2) is 5.47. The zero-order valence-electron chi connectivity index (χ0n) is 9.50. The lowest BCUT2D eigenvalue weighted by Gasteiger charge is -2.28. The molecule has 1 heterocycles. The summed E-state index contributed by atoms with van der Waals surface area (Å²) in [4.78, 5) is 6.64. The van der Waals surface area contributed by atoms with E-state index in [0.717, 1.165) is 22.4 Å². The van der Waals surface area contributed by atoms with Crippen molar-refractivity contribution < 1.29 is 0 Å². The van der Waals surface area contributed by atoms with Gasteiger partial charge in [-0.25, -0.2) is 4.98 Å². The molecule has 84 valence electrons. The predicted molar refractivity (Wildman–Crippen MR) is 68.2 cm³/mol. The van der Waals surface area contributed by atoms with Gasteiger partial charge in [0.25, 0.3) is 0 Å².